The average molecular weight is 394 g/mol. The van der Waals surface area contributed by atoms with Crippen LogP contribution in [0.4, 0.5) is 4.39 Å². The second-order valence-electron chi connectivity index (χ2n) is 6.23. The third kappa shape index (κ3) is 4.42. The predicted molar refractivity (Wildman–Crippen MR) is 102 cm³/mol. The first-order chi connectivity index (χ1) is 12.4. The summed E-state index contributed by atoms with van der Waals surface area (Å²) in [5.41, 5.74) is 1.36. The molecule has 8 heteroatoms. The molecule has 26 heavy (non-hydrogen) atoms. The Bertz CT molecular complexity index is 811. The van der Waals surface area contributed by atoms with E-state index in [4.69, 9.17) is 0 Å². The molecule has 0 bridgehead atoms. The van der Waals surface area contributed by atoms with Crippen LogP contribution < -0.4 is 5.32 Å². The predicted octanol–water partition coefficient (Wildman–Crippen LogP) is 2.39. The number of carbonyl (C=O) groups is 2. The highest BCUT2D eigenvalue weighted by atomic mass is 32.2. The Morgan fingerprint density at radius 1 is 1.42 bits per heavy atom. The van der Waals surface area contributed by atoms with E-state index in [1.807, 2.05) is 12.3 Å². The summed E-state index contributed by atoms with van der Waals surface area (Å²) >= 11 is 2.94. The first kappa shape index (κ1) is 18.8. The zero-order valence-corrected chi connectivity index (χ0v) is 16.2. The van der Waals surface area contributed by atoms with Gasteiger partial charge in [-0.05, 0) is 25.0 Å². The van der Waals surface area contributed by atoms with E-state index in [1.165, 1.54) is 17.8 Å². The van der Waals surface area contributed by atoms with Gasteiger partial charge < -0.3 is 10.2 Å². The van der Waals surface area contributed by atoms with Crippen LogP contribution in [0, 0.1) is 12.7 Å². The first-order valence-corrected chi connectivity index (χ1v) is 10.2. The lowest BCUT2D eigenvalue weighted by molar-refractivity contribution is -0.135. The number of aryl methyl sites for hydroxylation is 1. The van der Waals surface area contributed by atoms with Crippen molar-refractivity contribution in [2.75, 3.05) is 12.8 Å². The number of rotatable bonds is 5. The number of hydrogen-bond acceptors (Lipinski definition) is 5. The lowest BCUT2D eigenvalue weighted by Gasteiger charge is -2.30. The van der Waals surface area contributed by atoms with Crippen molar-refractivity contribution in [3.8, 4) is 0 Å². The van der Waals surface area contributed by atoms with Crippen LogP contribution in [0.5, 0.6) is 0 Å². The van der Waals surface area contributed by atoms with E-state index in [0.717, 1.165) is 10.7 Å². The Labute approximate surface area is 160 Å². The number of nitrogens with one attached hydrogen (secondary N) is 1. The van der Waals surface area contributed by atoms with Crippen LogP contribution in [0.1, 0.15) is 16.3 Å². The van der Waals surface area contributed by atoms with Crippen molar-refractivity contribution in [3.05, 3.63) is 51.7 Å². The number of amides is 2. The molecule has 0 radical (unpaired) electrons. The number of likely N-dealkylation sites (N-methyl/N-ethyl adjacent to an activating group) is 1. The molecule has 1 fully saturated rings. The summed E-state index contributed by atoms with van der Waals surface area (Å²) in [6.45, 7) is 2.34. The second kappa shape index (κ2) is 8.18. The summed E-state index contributed by atoms with van der Waals surface area (Å²) in [5.74, 6) is -0.191. The topological polar surface area (TPSA) is 62.3 Å². The van der Waals surface area contributed by atoms with Crippen molar-refractivity contribution < 1.29 is 14.0 Å². The fourth-order valence-corrected chi connectivity index (χ4v) is 4.58. The number of hydrogen-bond donors (Lipinski definition) is 1. The molecule has 0 saturated carbocycles. The third-order valence-corrected chi connectivity index (χ3v) is 6.31. The highest BCUT2D eigenvalue weighted by Gasteiger charge is 2.34. The molecule has 138 valence electrons. The van der Waals surface area contributed by atoms with Crippen LogP contribution in [0.3, 0.4) is 0 Å². The highest BCUT2D eigenvalue weighted by molar-refractivity contribution is 8.00. The van der Waals surface area contributed by atoms with Crippen molar-refractivity contribution in [1.82, 2.24) is 15.2 Å². The maximum Gasteiger partial charge on any atom is 0.246 e. The molecule has 2 heterocycles. The largest absolute Gasteiger partial charge is 0.343 e. The van der Waals surface area contributed by atoms with Gasteiger partial charge in [-0.15, -0.1) is 23.1 Å². The molecule has 0 spiro atoms. The molecule has 2 atom stereocenters. The minimum absolute atomic E-state index is 0.138. The van der Waals surface area contributed by atoms with Gasteiger partial charge in [0.25, 0.3) is 0 Å². The van der Waals surface area contributed by atoms with Crippen molar-refractivity contribution in [1.29, 1.82) is 0 Å². The van der Waals surface area contributed by atoms with Gasteiger partial charge in [-0.25, -0.2) is 9.37 Å². The summed E-state index contributed by atoms with van der Waals surface area (Å²) < 4.78 is 13.8. The SMILES string of the molecule is Cc1nc(CN(C)C(=O)C2CSC(Cc3ccccc3F)C(=O)N2)cs1. The fraction of sp³-hybridized carbons (Fsp3) is 0.389. The van der Waals surface area contributed by atoms with Gasteiger partial charge in [0.05, 0.1) is 22.5 Å². The van der Waals surface area contributed by atoms with Gasteiger partial charge in [-0.1, -0.05) is 18.2 Å². The summed E-state index contributed by atoms with van der Waals surface area (Å²) in [4.78, 5) is 30.9. The van der Waals surface area contributed by atoms with E-state index in [0.29, 0.717) is 24.3 Å². The Kier molecular flexibility index (Phi) is 5.93. The molecule has 3 rings (SSSR count). The third-order valence-electron chi connectivity index (χ3n) is 4.18. The molecule has 2 aromatic rings. The number of halogens is 1. The molecular formula is C18H20FN3O2S2. The van der Waals surface area contributed by atoms with Crippen molar-refractivity contribution >= 4 is 34.9 Å². The van der Waals surface area contributed by atoms with Crippen molar-refractivity contribution in [3.63, 3.8) is 0 Å². The molecular weight excluding hydrogens is 373 g/mol. The average Bonchev–Trinajstić information content (AvgIpc) is 3.02. The zero-order valence-electron chi connectivity index (χ0n) is 14.6. The lowest BCUT2D eigenvalue weighted by Crippen LogP contribution is -2.54. The molecule has 2 unspecified atom stereocenters. The van der Waals surface area contributed by atoms with E-state index in [2.05, 4.69) is 10.3 Å². The first-order valence-electron chi connectivity index (χ1n) is 8.25. The van der Waals surface area contributed by atoms with Crippen LogP contribution >= 0.6 is 23.1 Å². The maximum atomic E-state index is 13.8. The van der Waals surface area contributed by atoms with Gasteiger partial charge in [0.15, 0.2) is 0 Å². The summed E-state index contributed by atoms with van der Waals surface area (Å²) in [6.07, 6.45) is 0.317. The standard InChI is InChI=1S/C18H20FN3O2S2/c1-11-20-13(9-25-11)8-22(2)18(24)15-10-26-16(17(23)21-15)7-12-5-3-4-6-14(12)19/h3-6,9,15-16H,7-8,10H2,1-2H3,(H,21,23). The van der Waals surface area contributed by atoms with E-state index < -0.39 is 6.04 Å². The van der Waals surface area contributed by atoms with Gasteiger partial charge in [0, 0.05) is 18.2 Å². The monoisotopic (exact) mass is 393 g/mol. The molecule has 0 aliphatic carbocycles. The van der Waals surface area contributed by atoms with Crippen LogP contribution in [0.15, 0.2) is 29.6 Å². The summed E-state index contributed by atoms with van der Waals surface area (Å²) in [7, 11) is 1.71. The molecule has 2 amide bonds. The molecule has 1 aliphatic heterocycles. The number of nitrogens with zero attached hydrogens (tertiary/aromatic N) is 2. The molecule has 1 aromatic heterocycles. The van der Waals surface area contributed by atoms with Gasteiger partial charge in [-0.2, -0.15) is 0 Å². The van der Waals surface area contributed by atoms with Gasteiger partial charge >= 0.3 is 0 Å². The Balaban J connectivity index is 1.56. The Morgan fingerprint density at radius 3 is 2.85 bits per heavy atom. The smallest absolute Gasteiger partial charge is 0.246 e. The molecule has 1 N–H and O–H groups in total. The zero-order chi connectivity index (χ0) is 18.7. The van der Waals surface area contributed by atoms with Gasteiger partial charge in [0.1, 0.15) is 11.9 Å². The molecule has 1 aromatic carbocycles. The van der Waals surface area contributed by atoms with Gasteiger partial charge in [-0.3, -0.25) is 9.59 Å². The maximum absolute atomic E-state index is 13.8. The molecule has 1 aliphatic rings. The fourth-order valence-electron chi connectivity index (χ4n) is 2.81. The van der Waals surface area contributed by atoms with Gasteiger partial charge in [0.2, 0.25) is 11.8 Å². The van der Waals surface area contributed by atoms with Crippen LogP contribution in [-0.4, -0.2) is 45.8 Å². The number of thiazole rings is 1. The number of benzene rings is 1. The second-order valence-corrected chi connectivity index (χ2v) is 8.53. The van der Waals surface area contributed by atoms with Crippen LogP contribution in [-0.2, 0) is 22.6 Å². The minimum Gasteiger partial charge on any atom is -0.343 e. The van der Waals surface area contributed by atoms with E-state index in [-0.39, 0.29) is 22.9 Å². The van der Waals surface area contributed by atoms with E-state index in [1.54, 1.807) is 41.5 Å². The Hall–Kier alpha value is -1.93. The molecule has 1 saturated heterocycles. The lowest BCUT2D eigenvalue weighted by atomic mass is 10.1. The highest BCUT2D eigenvalue weighted by Crippen LogP contribution is 2.24. The summed E-state index contributed by atoms with van der Waals surface area (Å²) in [6, 6.07) is 5.90. The van der Waals surface area contributed by atoms with E-state index in [9.17, 15) is 14.0 Å². The minimum atomic E-state index is -0.561. The quantitative estimate of drug-likeness (QED) is 0.847. The van der Waals surface area contributed by atoms with Crippen LogP contribution in [0.25, 0.3) is 0 Å². The summed E-state index contributed by atoms with van der Waals surface area (Å²) in [5, 5.41) is 5.29. The number of thioether (sulfide) groups is 1. The molecule has 5 nitrogen and oxygen atoms in total. The van der Waals surface area contributed by atoms with E-state index >= 15 is 0 Å². The van der Waals surface area contributed by atoms with Crippen molar-refractivity contribution in [2.45, 2.75) is 31.2 Å². The van der Waals surface area contributed by atoms with Crippen molar-refractivity contribution in [2.24, 2.45) is 0 Å². The normalized spacial score (nSPS) is 19.9. The number of aromatic nitrogens is 1. The Morgan fingerprint density at radius 2 is 2.19 bits per heavy atom. The van der Waals surface area contributed by atoms with Crippen LogP contribution in [0.2, 0.25) is 0 Å². The number of carbonyl (C=O) groups excluding carboxylic acids is 2.